The van der Waals surface area contributed by atoms with Crippen LogP contribution in [0.1, 0.15) is 96.4 Å². The van der Waals surface area contributed by atoms with Gasteiger partial charge in [0.1, 0.15) is 5.69 Å². The quantitative estimate of drug-likeness (QED) is 0.188. The number of rotatable bonds is 6. The maximum absolute atomic E-state index is 13.7. The molecule has 1 saturated carbocycles. The standard InChI is InChI=1S/C34H35NO4/c1-34(2,3)28-20-18-26(19-21-28)31(36)32-29(24-12-10-23(11-13-24)22-8-6-5-7-9-22)30(35-39-32)25-14-16-27(17-15-25)33(37)38-4/h10-22H,5-9H2,1-4H3. The number of ether oxygens (including phenoxy) is 1. The van der Waals surface area contributed by atoms with Gasteiger partial charge >= 0.3 is 5.97 Å². The fraction of sp³-hybridized carbons (Fsp3) is 0.324. The molecular formula is C34H35NO4. The summed E-state index contributed by atoms with van der Waals surface area (Å²) < 4.78 is 10.6. The molecule has 1 aromatic heterocycles. The zero-order valence-electron chi connectivity index (χ0n) is 23.1. The van der Waals surface area contributed by atoms with Gasteiger partial charge < -0.3 is 9.26 Å². The number of hydrogen-bond acceptors (Lipinski definition) is 5. The Labute approximate surface area is 230 Å². The zero-order valence-corrected chi connectivity index (χ0v) is 23.1. The molecule has 0 atom stereocenters. The first kappa shape index (κ1) is 26.6. The van der Waals surface area contributed by atoms with Crippen LogP contribution in [0, 0.1) is 0 Å². The van der Waals surface area contributed by atoms with E-state index in [-0.39, 0.29) is 17.0 Å². The summed E-state index contributed by atoms with van der Waals surface area (Å²) in [5.41, 5.74) is 6.31. The van der Waals surface area contributed by atoms with Crippen molar-refractivity contribution >= 4 is 11.8 Å². The van der Waals surface area contributed by atoms with Gasteiger partial charge in [0.25, 0.3) is 0 Å². The Kier molecular flexibility index (Phi) is 7.51. The number of benzene rings is 3. The molecule has 1 aliphatic carbocycles. The number of nitrogens with zero attached hydrogens (tertiary/aromatic N) is 1. The molecule has 0 N–H and O–H groups in total. The molecule has 0 spiro atoms. The van der Waals surface area contributed by atoms with Crippen molar-refractivity contribution in [3.8, 4) is 22.4 Å². The molecule has 0 aliphatic heterocycles. The van der Waals surface area contributed by atoms with Crippen molar-refractivity contribution in [1.29, 1.82) is 0 Å². The first-order valence-corrected chi connectivity index (χ1v) is 13.7. The summed E-state index contributed by atoms with van der Waals surface area (Å²) in [6, 6.07) is 23.2. The van der Waals surface area contributed by atoms with Gasteiger partial charge in [-0.05, 0) is 53.0 Å². The minimum Gasteiger partial charge on any atom is -0.465 e. The van der Waals surface area contributed by atoms with Crippen molar-refractivity contribution in [2.45, 2.75) is 64.2 Å². The average Bonchev–Trinajstić information content (AvgIpc) is 3.42. The van der Waals surface area contributed by atoms with Crippen LogP contribution in [-0.2, 0) is 10.2 Å². The van der Waals surface area contributed by atoms with E-state index in [2.05, 4.69) is 50.2 Å². The van der Waals surface area contributed by atoms with E-state index in [9.17, 15) is 9.59 Å². The third kappa shape index (κ3) is 5.58. The van der Waals surface area contributed by atoms with Crippen LogP contribution in [0.2, 0.25) is 0 Å². The Bertz CT molecular complexity index is 1450. The lowest BCUT2D eigenvalue weighted by Crippen LogP contribution is -2.11. The molecular weight excluding hydrogens is 486 g/mol. The summed E-state index contributed by atoms with van der Waals surface area (Å²) in [6.07, 6.45) is 6.31. The van der Waals surface area contributed by atoms with E-state index >= 15 is 0 Å². The summed E-state index contributed by atoms with van der Waals surface area (Å²) >= 11 is 0. The van der Waals surface area contributed by atoms with Crippen molar-refractivity contribution < 1.29 is 18.8 Å². The molecule has 0 bridgehead atoms. The lowest BCUT2D eigenvalue weighted by atomic mass is 9.83. The second-order valence-electron chi connectivity index (χ2n) is 11.4. The molecule has 3 aromatic carbocycles. The van der Waals surface area contributed by atoms with E-state index in [1.54, 1.807) is 24.3 Å². The first-order valence-electron chi connectivity index (χ1n) is 13.7. The Balaban J connectivity index is 1.56. The van der Waals surface area contributed by atoms with Gasteiger partial charge in [-0.15, -0.1) is 0 Å². The van der Waals surface area contributed by atoms with E-state index in [1.165, 1.54) is 44.8 Å². The topological polar surface area (TPSA) is 69.4 Å². The molecule has 200 valence electrons. The number of esters is 1. The fourth-order valence-electron chi connectivity index (χ4n) is 5.40. The van der Waals surface area contributed by atoms with Gasteiger partial charge in [-0.25, -0.2) is 4.79 Å². The molecule has 5 rings (SSSR count). The van der Waals surface area contributed by atoms with Gasteiger partial charge in [0, 0.05) is 11.1 Å². The van der Waals surface area contributed by atoms with Crippen molar-refractivity contribution in [3.63, 3.8) is 0 Å². The van der Waals surface area contributed by atoms with Gasteiger partial charge in [-0.3, -0.25) is 4.79 Å². The van der Waals surface area contributed by atoms with E-state index in [1.807, 2.05) is 24.3 Å². The molecule has 1 aliphatic rings. The lowest BCUT2D eigenvalue weighted by Gasteiger charge is -2.22. The number of methoxy groups -OCH3 is 1. The Morgan fingerprint density at radius 1 is 0.795 bits per heavy atom. The van der Waals surface area contributed by atoms with E-state index in [0.29, 0.717) is 28.3 Å². The van der Waals surface area contributed by atoms with Gasteiger partial charge in [-0.1, -0.05) is 106 Å². The molecule has 0 saturated heterocycles. The number of hydrogen-bond donors (Lipinski definition) is 0. The maximum Gasteiger partial charge on any atom is 0.337 e. The fourth-order valence-corrected chi connectivity index (χ4v) is 5.40. The highest BCUT2D eigenvalue weighted by Crippen LogP contribution is 2.38. The van der Waals surface area contributed by atoms with E-state index < -0.39 is 5.97 Å². The van der Waals surface area contributed by atoms with E-state index in [0.717, 1.165) is 16.7 Å². The SMILES string of the molecule is COC(=O)c1ccc(-c2noc(C(=O)c3ccc(C(C)(C)C)cc3)c2-c2ccc(C3CCCCC3)cc2)cc1. The van der Waals surface area contributed by atoms with Crippen molar-refractivity contribution in [2.75, 3.05) is 7.11 Å². The number of carbonyl (C=O) groups is 2. The molecule has 5 heteroatoms. The summed E-state index contributed by atoms with van der Waals surface area (Å²) in [5.74, 6) is 0.167. The monoisotopic (exact) mass is 521 g/mol. The Morgan fingerprint density at radius 2 is 1.38 bits per heavy atom. The molecule has 0 radical (unpaired) electrons. The summed E-state index contributed by atoms with van der Waals surface area (Å²) in [4.78, 5) is 25.7. The third-order valence-corrected chi connectivity index (χ3v) is 7.77. The molecule has 0 amide bonds. The van der Waals surface area contributed by atoms with Crippen molar-refractivity contribution in [1.82, 2.24) is 5.16 Å². The summed E-state index contributed by atoms with van der Waals surface area (Å²) in [7, 11) is 1.36. The van der Waals surface area contributed by atoms with Crippen LogP contribution in [-0.4, -0.2) is 24.0 Å². The average molecular weight is 522 g/mol. The van der Waals surface area contributed by atoms with Crippen LogP contribution >= 0.6 is 0 Å². The maximum atomic E-state index is 13.7. The minimum atomic E-state index is -0.408. The molecule has 0 unspecified atom stereocenters. The highest BCUT2D eigenvalue weighted by Gasteiger charge is 2.27. The third-order valence-electron chi connectivity index (χ3n) is 7.77. The predicted molar refractivity (Wildman–Crippen MR) is 153 cm³/mol. The minimum absolute atomic E-state index is 0.0113. The van der Waals surface area contributed by atoms with Gasteiger partial charge in [0.05, 0.1) is 18.2 Å². The lowest BCUT2D eigenvalue weighted by molar-refractivity contribution is 0.0600. The van der Waals surface area contributed by atoms with Crippen molar-refractivity contribution in [3.05, 3.63) is 101 Å². The van der Waals surface area contributed by atoms with Crippen LogP contribution in [0.4, 0.5) is 0 Å². The number of carbonyl (C=O) groups excluding carboxylic acids is 2. The largest absolute Gasteiger partial charge is 0.465 e. The van der Waals surface area contributed by atoms with Crippen molar-refractivity contribution in [2.24, 2.45) is 0 Å². The predicted octanol–water partition coefficient (Wildman–Crippen LogP) is 8.37. The van der Waals surface area contributed by atoms with Gasteiger partial charge in [0.15, 0.2) is 0 Å². The molecule has 1 heterocycles. The van der Waals surface area contributed by atoms with Crippen LogP contribution in [0.5, 0.6) is 0 Å². The Hall–Kier alpha value is -3.99. The van der Waals surface area contributed by atoms with Gasteiger partial charge in [0.2, 0.25) is 11.5 Å². The smallest absolute Gasteiger partial charge is 0.337 e. The zero-order chi connectivity index (χ0) is 27.6. The normalized spacial score (nSPS) is 14.3. The second kappa shape index (κ2) is 11.0. The Morgan fingerprint density at radius 3 is 1.97 bits per heavy atom. The molecule has 4 aromatic rings. The summed E-state index contributed by atoms with van der Waals surface area (Å²) in [5, 5.41) is 4.36. The molecule has 5 nitrogen and oxygen atoms in total. The van der Waals surface area contributed by atoms with Crippen LogP contribution in [0.25, 0.3) is 22.4 Å². The highest BCUT2D eigenvalue weighted by molar-refractivity contribution is 6.12. The van der Waals surface area contributed by atoms with Crippen LogP contribution < -0.4 is 0 Å². The number of aromatic nitrogens is 1. The van der Waals surface area contributed by atoms with Gasteiger partial charge in [-0.2, -0.15) is 0 Å². The second-order valence-corrected chi connectivity index (χ2v) is 11.4. The molecule has 39 heavy (non-hydrogen) atoms. The number of ketones is 1. The summed E-state index contributed by atoms with van der Waals surface area (Å²) in [6.45, 7) is 6.44. The van der Waals surface area contributed by atoms with Crippen LogP contribution in [0.15, 0.2) is 77.3 Å². The van der Waals surface area contributed by atoms with Crippen LogP contribution in [0.3, 0.4) is 0 Å². The highest BCUT2D eigenvalue weighted by atomic mass is 16.5. The first-order chi connectivity index (χ1) is 18.8. The van der Waals surface area contributed by atoms with E-state index in [4.69, 9.17) is 9.26 Å². The molecule has 1 fully saturated rings.